The number of ketones is 1. The molecular weight excluding hydrogens is 1390 g/mol. The van der Waals surface area contributed by atoms with Crippen LogP contribution in [-0.4, -0.2) is 130 Å². The van der Waals surface area contributed by atoms with Crippen LogP contribution in [0.15, 0.2) is 273 Å². The summed E-state index contributed by atoms with van der Waals surface area (Å²) < 4.78 is 108. The number of carbonyl (C=O) groups excluding carboxylic acids is 2. The lowest BCUT2D eigenvalue weighted by atomic mass is 10.1. The van der Waals surface area contributed by atoms with Gasteiger partial charge in [-0.05, 0) is 57.0 Å². The molecule has 2 saturated heterocycles. The summed E-state index contributed by atoms with van der Waals surface area (Å²) in [6, 6.07) is 88.4. The highest BCUT2D eigenvalue weighted by Crippen LogP contribution is 2.46. The quantitative estimate of drug-likeness (QED) is 0.0278. The summed E-state index contributed by atoms with van der Waals surface area (Å²) in [4.78, 5) is 25.3. The molecule has 1 N–H and O–H groups in total. The molecule has 20 heteroatoms. The highest BCUT2D eigenvalue weighted by molar-refractivity contribution is 7.41. The predicted octanol–water partition coefficient (Wildman–Crippen LogP) is 15.3. The van der Waals surface area contributed by atoms with Gasteiger partial charge in [-0.15, -0.1) is 0 Å². The number of hydrogen-bond donors (Lipinski definition) is 1. The molecule has 0 aliphatic carbocycles. The van der Waals surface area contributed by atoms with Crippen molar-refractivity contribution in [3.8, 4) is 0 Å². The summed E-state index contributed by atoms with van der Waals surface area (Å²) in [5, 5.41) is 11.2. The van der Waals surface area contributed by atoms with Crippen LogP contribution in [0.5, 0.6) is 0 Å². The number of esters is 1. The number of benzene rings is 9. The van der Waals surface area contributed by atoms with Crippen molar-refractivity contribution in [1.29, 1.82) is 0 Å². The maximum absolute atomic E-state index is 13.3. The Bertz CT molecular complexity index is 3890. The lowest BCUT2D eigenvalue weighted by molar-refractivity contribution is -0.205. The van der Waals surface area contributed by atoms with Gasteiger partial charge in [-0.2, -0.15) is 0 Å². The number of Topliss-reactive ketones (excluding diaryl/α,β-unsaturated/α-hetero) is 1. The molecule has 13 atom stereocenters. The van der Waals surface area contributed by atoms with E-state index in [1.165, 1.54) is 6.92 Å². The summed E-state index contributed by atoms with van der Waals surface area (Å²) >= 11 is 0. The first-order chi connectivity index (χ1) is 53.2. The van der Waals surface area contributed by atoms with Crippen LogP contribution in [0.25, 0.3) is 0 Å². The largest absolute Gasteiger partial charge is 0.459 e. The molecule has 2 fully saturated rings. The van der Waals surface area contributed by atoms with Gasteiger partial charge in [0.25, 0.3) is 0 Å². The van der Waals surface area contributed by atoms with E-state index in [9.17, 15) is 14.7 Å². The first-order valence-corrected chi connectivity index (χ1v) is 38.1. The van der Waals surface area contributed by atoms with Crippen molar-refractivity contribution in [3.05, 3.63) is 323 Å². The topological polar surface area (TPSA) is 202 Å². The lowest BCUT2D eigenvalue weighted by Gasteiger charge is -2.34. The molecule has 2 aliphatic rings. The van der Waals surface area contributed by atoms with E-state index >= 15 is 0 Å². The van der Waals surface area contributed by atoms with Crippen molar-refractivity contribution in [2.45, 2.75) is 166 Å². The fourth-order valence-electron chi connectivity index (χ4n) is 12.3. The van der Waals surface area contributed by atoms with Gasteiger partial charge >= 0.3 is 14.6 Å². The fraction of sp³-hybridized carbons (Fsp3) is 0.364. The Hall–Kier alpha value is -8.09. The van der Waals surface area contributed by atoms with Gasteiger partial charge in [-0.25, -0.2) is 0 Å². The molecule has 11 unspecified atom stereocenters. The van der Waals surface area contributed by atoms with E-state index < -0.39 is 88.2 Å². The van der Waals surface area contributed by atoms with Crippen LogP contribution in [0, 0.1) is 0 Å². The van der Waals surface area contributed by atoms with Crippen LogP contribution in [0.1, 0.15) is 82.7 Å². The third-order valence-electron chi connectivity index (χ3n) is 18.2. The second-order valence-electron chi connectivity index (χ2n) is 26.5. The fourth-order valence-corrected chi connectivity index (χ4v) is 13.5. The summed E-state index contributed by atoms with van der Waals surface area (Å²) in [7, 11) is -2.30. The van der Waals surface area contributed by atoms with E-state index in [-0.39, 0.29) is 117 Å². The van der Waals surface area contributed by atoms with Gasteiger partial charge in [0.1, 0.15) is 60.7 Å². The number of aliphatic hydroxyl groups excluding tert-OH is 1. The highest BCUT2D eigenvalue weighted by Gasteiger charge is 2.44. The van der Waals surface area contributed by atoms with Crippen LogP contribution >= 0.6 is 8.60 Å². The zero-order valence-electron chi connectivity index (χ0n) is 61.1. The van der Waals surface area contributed by atoms with Crippen LogP contribution in [0.2, 0.25) is 0 Å². The highest BCUT2D eigenvalue weighted by atomic mass is 31.2. The molecule has 19 nitrogen and oxygen atoms in total. The lowest BCUT2D eigenvalue weighted by Crippen LogP contribution is -2.47. The average molecular weight is 1490 g/mol. The molecule has 0 saturated carbocycles. The maximum Gasteiger partial charge on any atom is 0.333 e. The third-order valence-corrected chi connectivity index (χ3v) is 19.3. The molecule has 9 aromatic rings. The Labute approximate surface area is 635 Å². The zero-order chi connectivity index (χ0) is 74.4. The predicted molar refractivity (Wildman–Crippen MR) is 407 cm³/mol. The number of rotatable bonds is 49. The average Bonchev–Trinajstić information content (AvgIpc) is 1.56. The van der Waals surface area contributed by atoms with Gasteiger partial charge in [-0.3, -0.25) is 4.79 Å². The van der Waals surface area contributed by atoms with Gasteiger partial charge < -0.3 is 85.1 Å². The first kappa shape index (κ1) is 80.9. The number of carbonyl (C=O) groups is 2. The van der Waals surface area contributed by atoms with E-state index in [1.54, 1.807) is 0 Å². The van der Waals surface area contributed by atoms with Crippen molar-refractivity contribution >= 4 is 20.4 Å². The normalized spacial score (nSPS) is 19.1. The van der Waals surface area contributed by atoms with Crippen molar-refractivity contribution in [1.82, 2.24) is 0 Å². The van der Waals surface area contributed by atoms with E-state index in [0.29, 0.717) is 13.2 Å². The van der Waals surface area contributed by atoms with E-state index in [2.05, 4.69) is 0 Å². The van der Waals surface area contributed by atoms with Crippen molar-refractivity contribution in [2.24, 2.45) is 0 Å². The number of hydrogen-bond acceptors (Lipinski definition) is 19. The summed E-state index contributed by atoms with van der Waals surface area (Å²) in [6.07, 6.45) is -9.56. The Morgan fingerprint density at radius 3 is 1.04 bits per heavy atom. The van der Waals surface area contributed by atoms with Crippen molar-refractivity contribution in [3.63, 3.8) is 0 Å². The third kappa shape index (κ3) is 28.1. The molecule has 108 heavy (non-hydrogen) atoms. The minimum absolute atomic E-state index is 0.0445. The molecule has 2 heterocycles. The molecule has 570 valence electrons. The van der Waals surface area contributed by atoms with E-state index in [4.69, 9.17) is 75.2 Å². The van der Waals surface area contributed by atoms with Crippen LogP contribution in [0.3, 0.4) is 0 Å². The molecule has 0 spiro atoms. The van der Waals surface area contributed by atoms with Gasteiger partial charge in [0.2, 0.25) is 0 Å². The Balaban J connectivity index is 0.883. The standard InChI is InChI=1S/C88H99O19P/c1-66(90)47-48-84(91)104-76-49-85(105-79(76)61-92-52-67-29-11-2-12-30-67)98-64-82(96-56-71-37-19-6-20-38-71)88(101-59-74-43-25-9-26-44-74)83(97-57-72-39-21-7-22-40-72)65-103-108(102-60-75-45-27-10-28-46-75)107-77-50-86(106-80(77)62-93-53-68-31-13-3-14-32-68)99-63-81(95-55-70-35-17-5-18-36-70)87(100-58-73-41-23-8-24-42-73)78(51-89)94-54-69-33-15-4-16-34-69/h2-46,76-83,85-89H,47-65H2,1H3/t76-,77-,78?,79?,80?,81?,82?,83?,85?,86?,87?,88?,108?/m1/s1. The summed E-state index contributed by atoms with van der Waals surface area (Å²) in [6.45, 7) is 2.76. The number of aliphatic hydroxyl groups is 1. The second-order valence-corrected chi connectivity index (χ2v) is 27.7. The van der Waals surface area contributed by atoms with Crippen LogP contribution in [0.4, 0.5) is 0 Å². The molecular formula is C88H99O19P. The summed E-state index contributed by atoms with van der Waals surface area (Å²) in [5.74, 6) is -0.646. The van der Waals surface area contributed by atoms with Gasteiger partial charge in [0.05, 0.1) is 112 Å². The monoisotopic (exact) mass is 1490 g/mol. The minimum atomic E-state index is -2.30. The van der Waals surface area contributed by atoms with Crippen LogP contribution in [-0.2, 0) is 144 Å². The minimum Gasteiger partial charge on any atom is -0.459 e. The van der Waals surface area contributed by atoms with Crippen molar-refractivity contribution < 1.29 is 89.8 Å². The SMILES string of the molecule is CC(=O)CCC(=O)O[C@@H]1CC(OCC(OCc2ccccc2)C(OCc2ccccc2)C(COP(OCc2ccccc2)O[C@@H]2CC(OCC(OCc3ccccc3)C(OCc3ccccc3)C(CO)OCc3ccccc3)OC2COCc2ccccc2)OCc2ccccc2)OC1COCc1ccccc1. The maximum atomic E-state index is 13.3. The smallest absolute Gasteiger partial charge is 0.333 e. The van der Waals surface area contributed by atoms with Crippen LogP contribution < -0.4 is 0 Å². The zero-order valence-corrected chi connectivity index (χ0v) is 62.0. The molecule has 0 aromatic heterocycles. The molecule has 0 amide bonds. The van der Waals surface area contributed by atoms with E-state index in [1.807, 2.05) is 273 Å². The van der Waals surface area contributed by atoms with Crippen molar-refractivity contribution in [2.75, 3.05) is 39.6 Å². The first-order valence-electron chi connectivity index (χ1n) is 37.0. The summed E-state index contributed by atoms with van der Waals surface area (Å²) in [5.41, 5.74) is 8.29. The van der Waals surface area contributed by atoms with Gasteiger partial charge in [0.15, 0.2) is 12.6 Å². The molecule has 2 aliphatic heterocycles. The Morgan fingerprint density at radius 1 is 0.370 bits per heavy atom. The van der Waals surface area contributed by atoms with E-state index in [0.717, 1.165) is 50.1 Å². The molecule has 0 radical (unpaired) electrons. The second kappa shape index (κ2) is 45.8. The number of ether oxygens (including phenoxy) is 13. The van der Waals surface area contributed by atoms with Gasteiger partial charge in [0, 0.05) is 19.3 Å². The van der Waals surface area contributed by atoms with Gasteiger partial charge in [-0.1, -0.05) is 273 Å². The molecule has 0 bridgehead atoms. The Kier molecular flexibility index (Phi) is 34.3. The molecule has 9 aromatic carbocycles. The molecule has 11 rings (SSSR count). The Morgan fingerprint density at radius 2 is 0.676 bits per heavy atom.